The van der Waals surface area contributed by atoms with E-state index < -0.39 is 6.04 Å². The number of carbonyl (C=O) groups is 1. The Balaban J connectivity index is 1.65. The zero-order valence-corrected chi connectivity index (χ0v) is 14.8. The molecule has 3 aromatic rings. The van der Waals surface area contributed by atoms with Crippen molar-refractivity contribution in [2.24, 2.45) is 5.10 Å². The van der Waals surface area contributed by atoms with E-state index in [2.05, 4.69) is 15.8 Å². The summed E-state index contributed by atoms with van der Waals surface area (Å²) in [6, 6.07) is 21.1. The van der Waals surface area contributed by atoms with Crippen molar-refractivity contribution in [3.63, 3.8) is 0 Å². The fraction of sp³-hybridized carbons (Fsp3) is 0.143. The Kier molecular flexibility index (Phi) is 5.49. The van der Waals surface area contributed by atoms with Gasteiger partial charge in [-0.05, 0) is 30.5 Å². The van der Waals surface area contributed by atoms with Crippen LogP contribution in [0.2, 0.25) is 0 Å². The summed E-state index contributed by atoms with van der Waals surface area (Å²) in [6.07, 6.45) is 1.57. The molecule has 1 amide bonds. The first kappa shape index (κ1) is 17.5. The molecule has 2 N–H and O–H groups in total. The number of hydrogen-bond acceptors (Lipinski definition) is 4. The van der Waals surface area contributed by atoms with Gasteiger partial charge in [0.05, 0.1) is 13.3 Å². The lowest BCUT2D eigenvalue weighted by molar-refractivity contribution is -0.121. The van der Waals surface area contributed by atoms with E-state index in [-0.39, 0.29) is 5.91 Å². The van der Waals surface area contributed by atoms with Gasteiger partial charge in [-0.15, -0.1) is 0 Å². The first-order chi connectivity index (χ1) is 12.7. The van der Waals surface area contributed by atoms with Crippen molar-refractivity contribution in [3.05, 3.63) is 72.3 Å². The summed E-state index contributed by atoms with van der Waals surface area (Å²) in [5.74, 6) is 0.483. The third-order valence-corrected chi connectivity index (χ3v) is 4.07. The molecule has 5 nitrogen and oxygen atoms in total. The van der Waals surface area contributed by atoms with E-state index in [0.29, 0.717) is 5.75 Å². The number of benzene rings is 3. The maximum absolute atomic E-state index is 12.3. The average molecular weight is 347 g/mol. The molecule has 0 saturated heterocycles. The number of ether oxygens (including phenoxy) is 1. The number of amides is 1. The van der Waals surface area contributed by atoms with E-state index in [1.165, 1.54) is 0 Å². The normalized spacial score (nSPS) is 12.1. The van der Waals surface area contributed by atoms with Crippen LogP contribution in [0.4, 0.5) is 5.69 Å². The highest BCUT2D eigenvalue weighted by molar-refractivity contribution is 5.96. The molecular weight excluding hydrogens is 326 g/mol. The summed E-state index contributed by atoms with van der Waals surface area (Å²) in [6.45, 7) is 1.80. The minimum atomic E-state index is -0.435. The van der Waals surface area contributed by atoms with Gasteiger partial charge in [-0.1, -0.05) is 48.5 Å². The van der Waals surface area contributed by atoms with Crippen LogP contribution in [0.5, 0.6) is 5.75 Å². The van der Waals surface area contributed by atoms with Gasteiger partial charge >= 0.3 is 0 Å². The standard InChI is InChI=1S/C21H21N3O2/c1-15(23-19-12-7-10-16-8-3-5-11-18(16)19)21(25)24-22-14-17-9-4-6-13-20(17)26-2/h3-15,23H,1-2H3,(H,24,25)/b22-14-/t15-/m0/s1. The van der Waals surface area contributed by atoms with E-state index in [1.807, 2.05) is 66.7 Å². The number of methoxy groups -OCH3 is 1. The number of hydrazone groups is 1. The fourth-order valence-corrected chi connectivity index (χ4v) is 2.69. The maximum atomic E-state index is 12.3. The molecule has 26 heavy (non-hydrogen) atoms. The zero-order chi connectivity index (χ0) is 18.4. The van der Waals surface area contributed by atoms with Gasteiger partial charge in [0, 0.05) is 16.6 Å². The van der Waals surface area contributed by atoms with Gasteiger partial charge in [0.15, 0.2) is 0 Å². The van der Waals surface area contributed by atoms with Gasteiger partial charge in [-0.3, -0.25) is 4.79 Å². The van der Waals surface area contributed by atoms with Gasteiger partial charge in [0.25, 0.3) is 5.91 Å². The SMILES string of the molecule is COc1ccccc1/C=N\NC(=O)[C@H](C)Nc1cccc2ccccc12. The van der Waals surface area contributed by atoms with E-state index in [0.717, 1.165) is 22.0 Å². The summed E-state index contributed by atoms with van der Waals surface area (Å²) < 4.78 is 5.25. The predicted molar refractivity (Wildman–Crippen MR) is 106 cm³/mol. The minimum Gasteiger partial charge on any atom is -0.496 e. The van der Waals surface area contributed by atoms with Crippen molar-refractivity contribution in [3.8, 4) is 5.75 Å². The Hall–Kier alpha value is -3.34. The van der Waals surface area contributed by atoms with Gasteiger partial charge in [0.1, 0.15) is 11.8 Å². The second-order valence-electron chi connectivity index (χ2n) is 5.87. The number of anilines is 1. The lowest BCUT2D eigenvalue weighted by atomic mass is 10.1. The molecule has 0 aliphatic heterocycles. The van der Waals surface area contributed by atoms with E-state index in [4.69, 9.17) is 4.74 Å². The van der Waals surface area contributed by atoms with Gasteiger partial charge in [0.2, 0.25) is 0 Å². The fourth-order valence-electron chi connectivity index (χ4n) is 2.69. The van der Waals surface area contributed by atoms with Crippen molar-refractivity contribution >= 4 is 28.6 Å². The molecule has 0 saturated carbocycles. The van der Waals surface area contributed by atoms with Crippen LogP contribution >= 0.6 is 0 Å². The van der Waals surface area contributed by atoms with Crippen LogP contribution in [0.15, 0.2) is 71.8 Å². The molecule has 132 valence electrons. The highest BCUT2D eigenvalue weighted by atomic mass is 16.5. The van der Waals surface area contributed by atoms with Crippen LogP contribution in [-0.2, 0) is 4.79 Å². The lowest BCUT2D eigenvalue weighted by Crippen LogP contribution is -2.34. The van der Waals surface area contributed by atoms with Crippen LogP contribution in [0.25, 0.3) is 10.8 Å². The number of para-hydroxylation sites is 1. The third-order valence-electron chi connectivity index (χ3n) is 4.07. The molecule has 0 spiro atoms. The first-order valence-electron chi connectivity index (χ1n) is 8.39. The summed E-state index contributed by atoms with van der Waals surface area (Å²) >= 11 is 0. The number of nitrogens with one attached hydrogen (secondary N) is 2. The second-order valence-corrected chi connectivity index (χ2v) is 5.87. The number of hydrogen-bond donors (Lipinski definition) is 2. The van der Waals surface area contributed by atoms with E-state index >= 15 is 0 Å². The molecule has 0 radical (unpaired) electrons. The Morgan fingerprint density at radius 3 is 2.62 bits per heavy atom. The van der Waals surface area contributed by atoms with Gasteiger partial charge < -0.3 is 10.1 Å². The topological polar surface area (TPSA) is 62.7 Å². The largest absolute Gasteiger partial charge is 0.496 e. The van der Waals surface area contributed by atoms with Crippen molar-refractivity contribution in [1.29, 1.82) is 0 Å². The van der Waals surface area contributed by atoms with Crippen molar-refractivity contribution in [2.45, 2.75) is 13.0 Å². The third kappa shape index (κ3) is 4.00. The Morgan fingerprint density at radius 2 is 1.77 bits per heavy atom. The molecule has 0 bridgehead atoms. The quantitative estimate of drug-likeness (QED) is 0.527. The monoisotopic (exact) mass is 347 g/mol. The van der Waals surface area contributed by atoms with Crippen LogP contribution in [-0.4, -0.2) is 25.3 Å². The molecule has 3 aromatic carbocycles. The van der Waals surface area contributed by atoms with Crippen molar-refractivity contribution in [2.75, 3.05) is 12.4 Å². The molecule has 0 fully saturated rings. The van der Waals surface area contributed by atoms with Crippen molar-refractivity contribution in [1.82, 2.24) is 5.43 Å². The highest BCUT2D eigenvalue weighted by Crippen LogP contribution is 2.23. The summed E-state index contributed by atoms with van der Waals surface area (Å²) in [5, 5.41) is 9.48. The lowest BCUT2D eigenvalue weighted by Gasteiger charge is -2.15. The highest BCUT2D eigenvalue weighted by Gasteiger charge is 2.13. The maximum Gasteiger partial charge on any atom is 0.262 e. The molecule has 3 rings (SSSR count). The molecule has 1 atom stereocenters. The summed E-state index contributed by atoms with van der Waals surface area (Å²) in [5.41, 5.74) is 4.28. The smallest absolute Gasteiger partial charge is 0.262 e. The number of nitrogens with zero attached hydrogens (tertiary/aromatic N) is 1. The molecular formula is C21H21N3O2. The van der Waals surface area contributed by atoms with Crippen LogP contribution in [0.1, 0.15) is 12.5 Å². The molecule has 0 unspecified atom stereocenters. The second kappa shape index (κ2) is 8.16. The number of rotatable bonds is 6. The average Bonchev–Trinajstić information content (AvgIpc) is 2.68. The minimum absolute atomic E-state index is 0.218. The van der Waals surface area contributed by atoms with Crippen LogP contribution in [0, 0.1) is 0 Å². The molecule has 0 aliphatic rings. The first-order valence-corrected chi connectivity index (χ1v) is 8.39. The predicted octanol–water partition coefficient (Wildman–Crippen LogP) is 3.80. The molecule has 0 heterocycles. The molecule has 0 aliphatic carbocycles. The Morgan fingerprint density at radius 1 is 1.04 bits per heavy atom. The van der Waals surface area contributed by atoms with E-state index in [1.54, 1.807) is 20.2 Å². The Labute approximate surface area is 152 Å². The van der Waals surface area contributed by atoms with Crippen molar-refractivity contribution < 1.29 is 9.53 Å². The molecule has 5 heteroatoms. The summed E-state index contributed by atoms with van der Waals surface area (Å²) in [4.78, 5) is 12.3. The molecule has 0 aromatic heterocycles. The van der Waals surface area contributed by atoms with Crippen LogP contribution in [0.3, 0.4) is 0 Å². The number of carbonyl (C=O) groups excluding carboxylic acids is 1. The van der Waals surface area contributed by atoms with Gasteiger partial charge in [-0.2, -0.15) is 5.10 Å². The zero-order valence-electron chi connectivity index (χ0n) is 14.8. The van der Waals surface area contributed by atoms with Crippen LogP contribution < -0.4 is 15.5 Å². The van der Waals surface area contributed by atoms with Gasteiger partial charge in [-0.25, -0.2) is 5.43 Å². The van der Waals surface area contributed by atoms with E-state index in [9.17, 15) is 4.79 Å². The summed E-state index contributed by atoms with van der Waals surface area (Å²) in [7, 11) is 1.60. The number of fused-ring (bicyclic) bond motifs is 1. The Bertz CT molecular complexity index is 932.